The Kier molecular flexibility index (Phi) is 4.86. The Labute approximate surface area is 130 Å². The molecule has 0 heterocycles. The Hall–Kier alpha value is -2.00. The van der Waals surface area contributed by atoms with Gasteiger partial charge >= 0.3 is 0 Å². The lowest BCUT2D eigenvalue weighted by Crippen LogP contribution is -2.32. The number of halogens is 1. The summed E-state index contributed by atoms with van der Waals surface area (Å²) in [5.74, 6) is -0.0858. The maximum absolute atomic E-state index is 12.2. The normalized spacial score (nSPS) is 11.8. The first-order valence-electron chi connectivity index (χ1n) is 6.86. The van der Waals surface area contributed by atoms with Crippen LogP contribution in [0.5, 0.6) is 0 Å². The predicted octanol–water partition coefficient (Wildman–Crippen LogP) is 4.40. The topological polar surface area (TPSA) is 41.1 Å². The maximum atomic E-state index is 12.2. The number of rotatable bonds is 4. The zero-order valence-corrected chi connectivity index (χ0v) is 13.2. The fourth-order valence-electron chi connectivity index (χ4n) is 2.06. The Balaban J connectivity index is 2.00. The number of anilines is 2. The molecule has 21 heavy (non-hydrogen) atoms. The second-order valence-electron chi connectivity index (χ2n) is 5.18. The van der Waals surface area contributed by atoms with Gasteiger partial charge < -0.3 is 10.6 Å². The van der Waals surface area contributed by atoms with Crippen LogP contribution in [0.2, 0.25) is 5.02 Å². The van der Waals surface area contributed by atoms with Crippen molar-refractivity contribution in [1.82, 2.24) is 0 Å². The number of amides is 1. The van der Waals surface area contributed by atoms with E-state index in [1.807, 2.05) is 32.9 Å². The van der Waals surface area contributed by atoms with Gasteiger partial charge in [0.15, 0.2) is 0 Å². The van der Waals surface area contributed by atoms with Crippen LogP contribution in [0.15, 0.2) is 42.5 Å². The smallest absolute Gasteiger partial charge is 0.246 e. The summed E-state index contributed by atoms with van der Waals surface area (Å²) in [5.41, 5.74) is 4.04. The van der Waals surface area contributed by atoms with Crippen molar-refractivity contribution >= 4 is 28.9 Å². The monoisotopic (exact) mass is 302 g/mol. The number of carbonyl (C=O) groups excluding carboxylic acids is 1. The Bertz CT molecular complexity index is 638. The van der Waals surface area contributed by atoms with Crippen molar-refractivity contribution in [2.45, 2.75) is 26.8 Å². The first-order chi connectivity index (χ1) is 9.95. The van der Waals surface area contributed by atoms with Crippen molar-refractivity contribution < 1.29 is 4.79 Å². The molecule has 1 atom stereocenters. The number of hydrogen-bond acceptors (Lipinski definition) is 2. The molecule has 0 aromatic heterocycles. The second-order valence-corrected chi connectivity index (χ2v) is 5.62. The Morgan fingerprint density at radius 2 is 1.76 bits per heavy atom. The largest absolute Gasteiger partial charge is 0.374 e. The van der Waals surface area contributed by atoms with Gasteiger partial charge in [0.1, 0.15) is 6.04 Å². The van der Waals surface area contributed by atoms with Crippen LogP contribution in [0.25, 0.3) is 0 Å². The zero-order chi connectivity index (χ0) is 15.4. The van der Waals surface area contributed by atoms with Gasteiger partial charge in [-0.05, 0) is 56.7 Å². The van der Waals surface area contributed by atoms with Gasteiger partial charge in [0, 0.05) is 16.4 Å². The van der Waals surface area contributed by atoms with Crippen molar-refractivity contribution in [2.75, 3.05) is 10.6 Å². The summed E-state index contributed by atoms with van der Waals surface area (Å²) in [6.07, 6.45) is 0. The summed E-state index contributed by atoms with van der Waals surface area (Å²) < 4.78 is 0. The molecule has 0 saturated heterocycles. The molecule has 0 unspecified atom stereocenters. The van der Waals surface area contributed by atoms with Crippen LogP contribution in [-0.4, -0.2) is 11.9 Å². The quantitative estimate of drug-likeness (QED) is 0.879. The second kappa shape index (κ2) is 6.64. The van der Waals surface area contributed by atoms with Gasteiger partial charge in [0.2, 0.25) is 5.91 Å². The number of nitrogens with one attached hydrogen (secondary N) is 2. The first-order valence-corrected chi connectivity index (χ1v) is 7.24. The highest BCUT2D eigenvalue weighted by molar-refractivity contribution is 6.30. The van der Waals surface area contributed by atoms with E-state index in [1.54, 1.807) is 24.3 Å². The number of benzene rings is 2. The Morgan fingerprint density at radius 3 is 2.38 bits per heavy atom. The molecule has 3 nitrogen and oxygen atoms in total. The van der Waals surface area contributed by atoms with E-state index in [0.717, 1.165) is 16.9 Å². The summed E-state index contributed by atoms with van der Waals surface area (Å²) in [4.78, 5) is 12.2. The molecule has 0 spiro atoms. The minimum atomic E-state index is -0.331. The molecule has 0 radical (unpaired) electrons. The molecule has 0 aliphatic heterocycles. The number of hydrogen-bond donors (Lipinski definition) is 2. The molecule has 1 amide bonds. The van der Waals surface area contributed by atoms with Crippen molar-refractivity contribution in [3.63, 3.8) is 0 Å². The van der Waals surface area contributed by atoms with Crippen LogP contribution < -0.4 is 10.6 Å². The number of carbonyl (C=O) groups is 1. The van der Waals surface area contributed by atoms with Crippen LogP contribution in [0, 0.1) is 13.8 Å². The lowest BCUT2D eigenvalue weighted by molar-refractivity contribution is -0.116. The van der Waals surface area contributed by atoms with Gasteiger partial charge in [-0.3, -0.25) is 4.79 Å². The van der Waals surface area contributed by atoms with Gasteiger partial charge in [-0.25, -0.2) is 0 Å². The first kappa shape index (κ1) is 15.4. The fourth-order valence-corrected chi connectivity index (χ4v) is 2.18. The minimum Gasteiger partial charge on any atom is -0.374 e. The van der Waals surface area contributed by atoms with E-state index in [1.165, 1.54) is 5.56 Å². The predicted molar refractivity (Wildman–Crippen MR) is 89.1 cm³/mol. The molecular weight excluding hydrogens is 284 g/mol. The van der Waals surface area contributed by atoms with Crippen LogP contribution >= 0.6 is 11.6 Å². The van der Waals surface area contributed by atoms with Crippen LogP contribution in [0.3, 0.4) is 0 Å². The van der Waals surface area contributed by atoms with E-state index < -0.39 is 0 Å². The molecule has 4 heteroatoms. The number of aryl methyl sites for hydroxylation is 2. The average molecular weight is 303 g/mol. The van der Waals surface area contributed by atoms with E-state index in [-0.39, 0.29) is 11.9 Å². The van der Waals surface area contributed by atoms with Gasteiger partial charge in [0.05, 0.1) is 0 Å². The fraction of sp³-hybridized carbons (Fsp3) is 0.235. The molecule has 0 fully saturated rings. The Morgan fingerprint density at radius 1 is 1.10 bits per heavy atom. The summed E-state index contributed by atoms with van der Waals surface area (Å²) in [6, 6.07) is 12.8. The molecule has 2 rings (SSSR count). The standard InChI is InChI=1S/C17H19ClN2O/c1-11-4-9-16(12(2)10-11)19-13(3)17(21)20-15-7-5-14(18)6-8-15/h4-10,13,19H,1-3H3,(H,20,21)/t13-/m1/s1. The van der Waals surface area contributed by atoms with Crippen molar-refractivity contribution in [2.24, 2.45) is 0 Å². The van der Waals surface area contributed by atoms with Gasteiger partial charge in [-0.15, -0.1) is 0 Å². The summed E-state index contributed by atoms with van der Waals surface area (Å²) in [6.45, 7) is 5.91. The SMILES string of the molecule is Cc1ccc(N[C@H](C)C(=O)Nc2ccc(Cl)cc2)c(C)c1. The third kappa shape index (κ3) is 4.23. The van der Waals surface area contributed by atoms with E-state index in [4.69, 9.17) is 11.6 Å². The molecule has 2 N–H and O–H groups in total. The van der Waals surface area contributed by atoms with Crippen molar-refractivity contribution in [1.29, 1.82) is 0 Å². The summed E-state index contributed by atoms with van der Waals surface area (Å²) in [5, 5.41) is 6.74. The third-order valence-corrected chi connectivity index (χ3v) is 3.51. The van der Waals surface area contributed by atoms with E-state index in [0.29, 0.717) is 5.02 Å². The van der Waals surface area contributed by atoms with E-state index in [9.17, 15) is 4.79 Å². The minimum absolute atomic E-state index is 0.0858. The van der Waals surface area contributed by atoms with E-state index >= 15 is 0 Å². The van der Waals surface area contributed by atoms with E-state index in [2.05, 4.69) is 16.7 Å². The summed E-state index contributed by atoms with van der Waals surface area (Å²) >= 11 is 5.82. The highest BCUT2D eigenvalue weighted by atomic mass is 35.5. The molecule has 110 valence electrons. The van der Waals surface area contributed by atoms with Gasteiger partial charge in [0.25, 0.3) is 0 Å². The molecule has 2 aromatic rings. The van der Waals surface area contributed by atoms with Crippen LogP contribution in [-0.2, 0) is 4.79 Å². The van der Waals surface area contributed by atoms with Crippen LogP contribution in [0.4, 0.5) is 11.4 Å². The highest BCUT2D eigenvalue weighted by Gasteiger charge is 2.13. The molecule has 0 aliphatic rings. The summed E-state index contributed by atoms with van der Waals surface area (Å²) in [7, 11) is 0. The van der Waals surface area contributed by atoms with Crippen molar-refractivity contribution in [3.8, 4) is 0 Å². The maximum Gasteiger partial charge on any atom is 0.246 e. The highest BCUT2D eigenvalue weighted by Crippen LogP contribution is 2.18. The third-order valence-electron chi connectivity index (χ3n) is 3.26. The lowest BCUT2D eigenvalue weighted by Gasteiger charge is -2.17. The van der Waals surface area contributed by atoms with Gasteiger partial charge in [-0.1, -0.05) is 29.3 Å². The zero-order valence-electron chi connectivity index (χ0n) is 12.4. The molecule has 2 aromatic carbocycles. The van der Waals surface area contributed by atoms with Crippen LogP contribution in [0.1, 0.15) is 18.1 Å². The van der Waals surface area contributed by atoms with Gasteiger partial charge in [-0.2, -0.15) is 0 Å². The molecule has 0 aliphatic carbocycles. The average Bonchev–Trinajstić information content (AvgIpc) is 2.44. The lowest BCUT2D eigenvalue weighted by atomic mass is 10.1. The molecule has 0 bridgehead atoms. The molecule has 0 saturated carbocycles. The van der Waals surface area contributed by atoms with Crippen molar-refractivity contribution in [3.05, 3.63) is 58.6 Å². The molecular formula is C17H19ClN2O.